The highest BCUT2D eigenvalue weighted by atomic mass is 19.1. The summed E-state index contributed by atoms with van der Waals surface area (Å²) in [7, 11) is 4.16. The number of aromatic nitrogens is 1. The van der Waals surface area contributed by atoms with E-state index in [0.717, 1.165) is 31.7 Å². The number of halogens is 1. The lowest BCUT2D eigenvalue weighted by molar-refractivity contribution is 0.0764. The van der Waals surface area contributed by atoms with Crippen LogP contribution in [-0.2, 0) is 0 Å². The fourth-order valence-corrected chi connectivity index (χ4v) is 3.22. The molecule has 1 saturated heterocycles. The summed E-state index contributed by atoms with van der Waals surface area (Å²) in [5.74, 6) is 1.44. The standard InChI is InChI=1S/C14H18FN3O/c1-17(2)6-11-12-7-18(8-13(11)12)14(19)9-3-10(15)5-16-4-9/h3-5,11-13H,6-8H2,1-2H3/t11?,12-,13+. The minimum absolute atomic E-state index is 0.0946. The van der Waals surface area contributed by atoms with Crippen molar-refractivity contribution < 1.29 is 9.18 Å². The van der Waals surface area contributed by atoms with Crippen LogP contribution in [0.1, 0.15) is 10.4 Å². The first-order valence-corrected chi connectivity index (χ1v) is 6.61. The zero-order valence-corrected chi connectivity index (χ0v) is 11.2. The number of likely N-dealkylation sites (tertiary alicyclic amines) is 1. The van der Waals surface area contributed by atoms with Gasteiger partial charge in [0.25, 0.3) is 5.91 Å². The number of pyridine rings is 1. The van der Waals surface area contributed by atoms with E-state index in [4.69, 9.17) is 0 Å². The van der Waals surface area contributed by atoms with Gasteiger partial charge in [-0.25, -0.2) is 4.39 Å². The van der Waals surface area contributed by atoms with Gasteiger partial charge in [0.1, 0.15) is 5.82 Å². The Hall–Kier alpha value is -1.49. The van der Waals surface area contributed by atoms with Gasteiger partial charge in [-0.15, -0.1) is 0 Å². The van der Waals surface area contributed by atoms with Crippen LogP contribution in [0.3, 0.4) is 0 Å². The predicted molar refractivity (Wildman–Crippen MR) is 69.1 cm³/mol. The molecule has 1 saturated carbocycles. The second kappa shape index (κ2) is 4.56. The molecule has 1 aliphatic heterocycles. The fourth-order valence-electron chi connectivity index (χ4n) is 3.22. The first-order chi connectivity index (χ1) is 9.06. The van der Waals surface area contributed by atoms with Gasteiger partial charge >= 0.3 is 0 Å². The molecule has 5 heteroatoms. The van der Waals surface area contributed by atoms with E-state index in [0.29, 0.717) is 17.4 Å². The summed E-state index contributed by atoms with van der Waals surface area (Å²) in [4.78, 5) is 20.0. The summed E-state index contributed by atoms with van der Waals surface area (Å²) in [6.07, 6.45) is 2.55. The summed E-state index contributed by atoms with van der Waals surface area (Å²) >= 11 is 0. The van der Waals surface area contributed by atoms with Crippen molar-refractivity contribution in [3.8, 4) is 0 Å². The maximum Gasteiger partial charge on any atom is 0.255 e. The van der Waals surface area contributed by atoms with Crippen LogP contribution in [0.2, 0.25) is 0 Å². The normalized spacial score (nSPS) is 28.6. The third-order valence-corrected chi connectivity index (χ3v) is 4.19. The molecular weight excluding hydrogens is 245 g/mol. The van der Waals surface area contributed by atoms with Crippen LogP contribution in [0.4, 0.5) is 4.39 Å². The van der Waals surface area contributed by atoms with Crippen molar-refractivity contribution in [3.63, 3.8) is 0 Å². The van der Waals surface area contributed by atoms with Gasteiger partial charge in [0.05, 0.1) is 11.8 Å². The Balaban J connectivity index is 1.61. The molecule has 1 aromatic heterocycles. The zero-order chi connectivity index (χ0) is 13.6. The van der Waals surface area contributed by atoms with Gasteiger partial charge in [-0.2, -0.15) is 0 Å². The van der Waals surface area contributed by atoms with Crippen molar-refractivity contribution in [2.45, 2.75) is 0 Å². The lowest BCUT2D eigenvalue weighted by Crippen LogP contribution is -2.33. The van der Waals surface area contributed by atoms with E-state index in [1.165, 1.54) is 12.3 Å². The Morgan fingerprint density at radius 2 is 2.11 bits per heavy atom. The molecule has 3 rings (SSSR count). The topological polar surface area (TPSA) is 36.4 Å². The van der Waals surface area contributed by atoms with E-state index in [9.17, 15) is 9.18 Å². The smallest absolute Gasteiger partial charge is 0.255 e. The Morgan fingerprint density at radius 1 is 1.42 bits per heavy atom. The van der Waals surface area contributed by atoms with E-state index in [-0.39, 0.29) is 5.91 Å². The van der Waals surface area contributed by atoms with Gasteiger partial charge < -0.3 is 9.80 Å². The quantitative estimate of drug-likeness (QED) is 0.819. The first-order valence-electron chi connectivity index (χ1n) is 6.61. The van der Waals surface area contributed by atoms with Gasteiger partial charge in [-0.1, -0.05) is 0 Å². The molecule has 0 spiro atoms. The molecule has 2 fully saturated rings. The van der Waals surface area contributed by atoms with Crippen LogP contribution in [0.5, 0.6) is 0 Å². The van der Waals surface area contributed by atoms with Crippen molar-refractivity contribution in [1.29, 1.82) is 0 Å². The highest BCUT2D eigenvalue weighted by Gasteiger charge is 2.56. The average molecular weight is 263 g/mol. The van der Waals surface area contributed by atoms with Gasteiger partial charge in [0.15, 0.2) is 0 Å². The highest BCUT2D eigenvalue weighted by Crippen LogP contribution is 2.51. The summed E-state index contributed by atoms with van der Waals surface area (Å²) in [6.45, 7) is 2.70. The Bertz CT molecular complexity index is 493. The average Bonchev–Trinajstić information content (AvgIpc) is 2.83. The number of nitrogens with zero attached hydrogens (tertiary/aromatic N) is 3. The van der Waals surface area contributed by atoms with Crippen molar-refractivity contribution >= 4 is 5.91 Å². The van der Waals surface area contributed by atoms with Crippen LogP contribution in [-0.4, -0.2) is 54.4 Å². The Labute approximate surface area is 112 Å². The number of fused-ring (bicyclic) bond motifs is 1. The monoisotopic (exact) mass is 263 g/mol. The molecule has 2 heterocycles. The molecule has 0 bridgehead atoms. The fraction of sp³-hybridized carbons (Fsp3) is 0.571. The molecule has 4 nitrogen and oxygen atoms in total. The molecular formula is C14H18FN3O. The summed E-state index contributed by atoms with van der Waals surface area (Å²) in [5.41, 5.74) is 0.352. The second-order valence-corrected chi connectivity index (χ2v) is 5.86. The summed E-state index contributed by atoms with van der Waals surface area (Å²) < 4.78 is 13.1. The maximum absolute atomic E-state index is 13.1. The SMILES string of the molecule is CN(C)CC1[C@H]2CN(C(=O)c3cncc(F)c3)C[C@@H]12. The van der Waals surface area contributed by atoms with E-state index in [1.807, 2.05) is 4.90 Å². The molecule has 1 unspecified atom stereocenters. The molecule has 3 atom stereocenters. The van der Waals surface area contributed by atoms with Crippen molar-refractivity contribution in [2.24, 2.45) is 17.8 Å². The number of hydrogen-bond donors (Lipinski definition) is 0. The van der Waals surface area contributed by atoms with E-state index in [2.05, 4.69) is 24.0 Å². The minimum Gasteiger partial charge on any atom is -0.338 e. The molecule has 2 aliphatic rings. The number of piperidine rings is 1. The van der Waals surface area contributed by atoms with Crippen molar-refractivity contribution in [3.05, 3.63) is 29.8 Å². The van der Waals surface area contributed by atoms with Gasteiger partial charge in [-0.3, -0.25) is 9.78 Å². The lowest BCUT2D eigenvalue weighted by atomic mass is 10.2. The van der Waals surface area contributed by atoms with Crippen LogP contribution < -0.4 is 0 Å². The molecule has 1 amide bonds. The number of rotatable bonds is 3. The van der Waals surface area contributed by atoms with Gasteiger partial charge in [0.2, 0.25) is 0 Å². The first kappa shape index (κ1) is 12.5. The third kappa shape index (κ3) is 2.34. The maximum atomic E-state index is 13.1. The van der Waals surface area contributed by atoms with Crippen LogP contribution in [0, 0.1) is 23.6 Å². The second-order valence-electron chi connectivity index (χ2n) is 5.86. The predicted octanol–water partition coefficient (Wildman–Crippen LogP) is 1.10. The molecule has 19 heavy (non-hydrogen) atoms. The molecule has 1 aromatic rings. The molecule has 0 N–H and O–H groups in total. The van der Waals surface area contributed by atoms with Crippen LogP contribution in [0.25, 0.3) is 0 Å². The lowest BCUT2D eigenvalue weighted by Gasteiger charge is -2.21. The summed E-state index contributed by atoms with van der Waals surface area (Å²) in [6, 6.07) is 1.26. The third-order valence-electron chi connectivity index (χ3n) is 4.19. The van der Waals surface area contributed by atoms with E-state index in [1.54, 1.807) is 0 Å². The number of carbonyl (C=O) groups excluding carboxylic acids is 1. The van der Waals surface area contributed by atoms with Crippen LogP contribution in [0.15, 0.2) is 18.5 Å². The molecule has 102 valence electrons. The summed E-state index contributed by atoms with van der Waals surface area (Å²) in [5, 5.41) is 0. The van der Waals surface area contributed by atoms with E-state index >= 15 is 0 Å². The van der Waals surface area contributed by atoms with Crippen molar-refractivity contribution in [2.75, 3.05) is 33.7 Å². The molecule has 0 aromatic carbocycles. The number of amides is 1. The Kier molecular flexibility index (Phi) is 3.01. The highest BCUT2D eigenvalue weighted by molar-refractivity contribution is 5.94. The number of hydrogen-bond acceptors (Lipinski definition) is 3. The van der Waals surface area contributed by atoms with Crippen LogP contribution >= 0.6 is 0 Å². The largest absolute Gasteiger partial charge is 0.338 e. The van der Waals surface area contributed by atoms with Gasteiger partial charge in [-0.05, 0) is 37.9 Å². The minimum atomic E-state index is -0.458. The molecule has 1 aliphatic carbocycles. The molecule has 0 radical (unpaired) electrons. The Morgan fingerprint density at radius 3 is 2.68 bits per heavy atom. The zero-order valence-electron chi connectivity index (χ0n) is 11.2. The van der Waals surface area contributed by atoms with Gasteiger partial charge in [0, 0.05) is 25.8 Å². The van der Waals surface area contributed by atoms with E-state index < -0.39 is 5.82 Å². The van der Waals surface area contributed by atoms with Crippen molar-refractivity contribution in [1.82, 2.24) is 14.8 Å². The number of carbonyl (C=O) groups is 1.